The van der Waals surface area contributed by atoms with Crippen LogP contribution in [-0.2, 0) is 24.3 Å². The summed E-state index contributed by atoms with van der Waals surface area (Å²) in [5, 5.41) is 11.2. The van der Waals surface area contributed by atoms with Gasteiger partial charge < -0.3 is 10.0 Å². The van der Waals surface area contributed by atoms with Gasteiger partial charge in [-0.2, -0.15) is 0 Å². The highest BCUT2D eigenvalue weighted by atomic mass is 16.3. The summed E-state index contributed by atoms with van der Waals surface area (Å²) in [4.78, 5) is 41.9. The number of hydrogen-bond acceptors (Lipinski definition) is 5. The van der Waals surface area contributed by atoms with Crippen LogP contribution in [0.4, 0.5) is 0 Å². The normalized spacial score (nSPS) is 22.4. The number of nitrogens with zero attached hydrogens (tertiary/aromatic N) is 3. The highest BCUT2D eigenvalue weighted by Gasteiger charge is 2.34. The van der Waals surface area contributed by atoms with Gasteiger partial charge in [0.15, 0.2) is 0 Å². The van der Waals surface area contributed by atoms with E-state index in [2.05, 4.69) is 34.1 Å². The molecule has 0 aliphatic carbocycles. The van der Waals surface area contributed by atoms with Crippen molar-refractivity contribution in [3.05, 3.63) is 68.5 Å². The molecule has 1 unspecified atom stereocenters. The van der Waals surface area contributed by atoms with Crippen LogP contribution in [-0.4, -0.2) is 62.1 Å². The monoisotopic (exact) mass is 412 g/mol. The summed E-state index contributed by atoms with van der Waals surface area (Å²) in [6.07, 6.45) is 4.20. The van der Waals surface area contributed by atoms with Gasteiger partial charge in [0, 0.05) is 45.0 Å². The molecule has 4 rings (SSSR count). The molecule has 30 heavy (non-hydrogen) atoms. The first-order valence-corrected chi connectivity index (χ1v) is 10.5. The number of benzene rings is 1. The van der Waals surface area contributed by atoms with Crippen LogP contribution >= 0.6 is 0 Å². The van der Waals surface area contributed by atoms with Crippen molar-refractivity contribution in [1.82, 2.24) is 19.4 Å². The summed E-state index contributed by atoms with van der Waals surface area (Å²) in [6.45, 7) is 3.27. The fourth-order valence-corrected chi connectivity index (χ4v) is 4.51. The molecule has 2 aromatic rings. The van der Waals surface area contributed by atoms with Crippen molar-refractivity contribution in [2.75, 3.05) is 26.2 Å². The number of aromatic amines is 1. The summed E-state index contributed by atoms with van der Waals surface area (Å²) >= 11 is 0. The number of rotatable bonds is 4. The number of carbonyl (C=O) groups excluding carboxylic acids is 1. The predicted octanol–water partition coefficient (Wildman–Crippen LogP) is 0.339. The first-order chi connectivity index (χ1) is 14.4. The van der Waals surface area contributed by atoms with Crippen molar-refractivity contribution < 1.29 is 9.90 Å². The highest BCUT2D eigenvalue weighted by Crippen LogP contribution is 2.27. The van der Waals surface area contributed by atoms with Gasteiger partial charge in [-0.25, -0.2) is 4.79 Å². The van der Waals surface area contributed by atoms with Gasteiger partial charge in [0.1, 0.15) is 6.54 Å². The van der Waals surface area contributed by atoms with E-state index in [0.717, 1.165) is 19.5 Å². The zero-order chi connectivity index (χ0) is 21.1. The van der Waals surface area contributed by atoms with E-state index in [1.807, 2.05) is 0 Å². The van der Waals surface area contributed by atoms with Gasteiger partial charge >= 0.3 is 5.69 Å². The molecule has 0 radical (unpaired) electrons. The van der Waals surface area contributed by atoms with Crippen molar-refractivity contribution in [3.63, 3.8) is 0 Å². The van der Waals surface area contributed by atoms with Gasteiger partial charge in [-0.1, -0.05) is 24.3 Å². The third-order valence-corrected chi connectivity index (χ3v) is 6.20. The Hall–Kier alpha value is -2.71. The molecule has 1 fully saturated rings. The lowest BCUT2D eigenvalue weighted by Crippen LogP contribution is -2.46. The fraction of sp³-hybridized carbons (Fsp3) is 0.500. The minimum atomic E-state index is -0.823. The largest absolute Gasteiger partial charge is 0.388 e. The average molecular weight is 412 g/mol. The molecule has 1 atom stereocenters. The smallest absolute Gasteiger partial charge is 0.328 e. The molecule has 0 bridgehead atoms. The lowest BCUT2D eigenvalue weighted by atomic mass is 9.92. The Morgan fingerprint density at radius 3 is 2.67 bits per heavy atom. The Bertz CT molecular complexity index is 1030. The summed E-state index contributed by atoms with van der Waals surface area (Å²) in [6, 6.07) is 9.68. The Kier molecular flexibility index (Phi) is 5.87. The fourth-order valence-electron chi connectivity index (χ4n) is 4.51. The van der Waals surface area contributed by atoms with Crippen LogP contribution in [0, 0.1) is 0 Å². The van der Waals surface area contributed by atoms with Crippen LogP contribution in [0.5, 0.6) is 0 Å². The van der Waals surface area contributed by atoms with Crippen LogP contribution in [0.3, 0.4) is 0 Å². The molecule has 160 valence electrons. The number of β-amino-alcohol motifs (C(OH)–C–C–N with tert-alkyl or cyclic N) is 1. The van der Waals surface area contributed by atoms with Crippen molar-refractivity contribution in [2.45, 2.75) is 44.4 Å². The van der Waals surface area contributed by atoms with Crippen molar-refractivity contribution in [1.29, 1.82) is 0 Å². The topological polar surface area (TPSA) is 98.6 Å². The second-order valence-corrected chi connectivity index (χ2v) is 8.43. The number of hydrogen-bond donors (Lipinski definition) is 2. The molecular formula is C22H28N4O4. The molecular weight excluding hydrogens is 384 g/mol. The third-order valence-electron chi connectivity index (χ3n) is 6.20. The molecule has 8 nitrogen and oxygen atoms in total. The average Bonchev–Trinajstić information content (AvgIpc) is 2.91. The van der Waals surface area contributed by atoms with Gasteiger partial charge in [0.2, 0.25) is 5.91 Å². The van der Waals surface area contributed by atoms with Gasteiger partial charge in [-0.15, -0.1) is 0 Å². The van der Waals surface area contributed by atoms with E-state index >= 15 is 0 Å². The number of nitrogens with one attached hydrogen (secondary N) is 1. The third kappa shape index (κ3) is 4.71. The molecule has 2 aliphatic rings. The van der Waals surface area contributed by atoms with Gasteiger partial charge in [0.25, 0.3) is 5.56 Å². The standard InChI is InChI=1S/C22H28N4O4/c27-19-7-12-26(21(29)23-19)15-20(28)25-10-3-8-22(30,9-13-25)16-24-11-6-17-4-1-2-5-18(17)14-24/h1-2,4-5,7,12,30H,3,6,8-11,13-16H2,(H,23,27,29). The van der Waals surface area contributed by atoms with Gasteiger partial charge in [-0.05, 0) is 36.8 Å². The SMILES string of the molecule is O=C(Cn1ccc(=O)[nH]c1=O)N1CCCC(O)(CN2CCc3ccccc3C2)CC1. The van der Waals surface area contributed by atoms with Gasteiger partial charge in [-0.3, -0.25) is 24.0 Å². The van der Waals surface area contributed by atoms with Crippen LogP contribution in [0.25, 0.3) is 0 Å². The quantitative estimate of drug-likeness (QED) is 0.755. The van der Waals surface area contributed by atoms with Crippen LogP contribution in [0.15, 0.2) is 46.1 Å². The van der Waals surface area contributed by atoms with E-state index < -0.39 is 16.9 Å². The van der Waals surface area contributed by atoms with E-state index in [-0.39, 0.29) is 12.5 Å². The maximum Gasteiger partial charge on any atom is 0.328 e. The van der Waals surface area contributed by atoms with Crippen LogP contribution in [0.1, 0.15) is 30.4 Å². The molecule has 2 N–H and O–H groups in total. The molecule has 1 amide bonds. The zero-order valence-corrected chi connectivity index (χ0v) is 17.0. The number of likely N-dealkylation sites (tertiary alicyclic amines) is 1. The van der Waals surface area contributed by atoms with Crippen molar-refractivity contribution in [3.8, 4) is 0 Å². The second-order valence-electron chi connectivity index (χ2n) is 8.43. The van der Waals surface area contributed by atoms with E-state index in [9.17, 15) is 19.5 Å². The number of aromatic nitrogens is 2. The number of amides is 1. The predicted molar refractivity (Wildman–Crippen MR) is 112 cm³/mol. The summed E-state index contributed by atoms with van der Waals surface area (Å²) in [7, 11) is 0. The summed E-state index contributed by atoms with van der Waals surface area (Å²) < 4.78 is 1.20. The molecule has 3 heterocycles. The molecule has 1 aromatic carbocycles. The number of carbonyl (C=O) groups is 1. The Balaban J connectivity index is 1.35. The number of aliphatic hydroxyl groups is 1. The summed E-state index contributed by atoms with van der Waals surface area (Å²) in [5.41, 5.74) is 0.812. The van der Waals surface area contributed by atoms with Crippen LogP contribution < -0.4 is 11.2 Å². The van der Waals surface area contributed by atoms with Crippen molar-refractivity contribution in [2.24, 2.45) is 0 Å². The molecule has 0 spiro atoms. The Morgan fingerprint density at radius 2 is 1.87 bits per heavy atom. The molecule has 2 aliphatic heterocycles. The number of fused-ring (bicyclic) bond motifs is 1. The van der Waals surface area contributed by atoms with E-state index in [0.29, 0.717) is 38.9 Å². The maximum atomic E-state index is 12.7. The van der Waals surface area contributed by atoms with Crippen molar-refractivity contribution >= 4 is 5.91 Å². The lowest BCUT2D eigenvalue weighted by Gasteiger charge is -2.36. The molecule has 8 heteroatoms. The minimum absolute atomic E-state index is 0.114. The zero-order valence-electron chi connectivity index (χ0n) is 17.0. The van der Waals surface area contributed by atoms with E-state index in [4.69, 9.17) is 0 Å². The maximum absolute atomic E-state index is 12.7. The summed E-state index contributed by atoms with van der Waals surface area (Å²) in [5.74, 6) is -0.180. The Labute approximate surface area is 174 Å². The highest BCUT2D eigenvalue weighted by molar-refractivity contribution is 5.76. The van der Waals surface area contributed by atoms with E-state index in [1.165, 1.54) is 28.0 Å². The molecule has 0 saturated carbocycles. The van der Waals surface area contributed by atoms with Crippen LogP contribution in [0.2, 0.25) is 0 Å². The van der Waals surface area contributed by atoms with E-state index in [1.54, 1.807) is 4.90 Å². The first-order valence-electron chi connectivity index (χ1n) is 10.5. The molecule has 1 aromatic heterocycles. The molecule has 1 saturated heterocycles. The lowest BCUT2D eigenvalue weighted by molar-refractivity contribution is -0.132. The Morgan fingerprint density at radius 1 is 1.07 bits per heavy atom. The first kappa shape index (κ1) is 20.6. The second kappa shape index (κ2) is 8.57. The minimum Gasteiger partial charge on any atom is -0.388 e. The number of H-pyrrole nitrogens is 1. The van der Waals surface area contributed by atoms with Gasteiger partial charge in [0.05, 0.1) is 5.60 Å².